The number of nitrogens with two attached hydrogens (primary N) is 1. The van der Waals surface area contributed by atoms with Crippen molar-refractivity contribution in [3.63, 3.8) is 0 Å². The van der Waals surface area contributed by atoms with Gasteiger partial charge in [-0.1, -0.05) is 49.8 Å². The summed E-state index contributed by atoms with van der Waals surface area (Å²) in [4.78, 5) is 0.130. The number of hydrogen-bond donors (Lipinski definition) is 2. The van der Waals surface area contributed by atoms with Crippen LogP contribution in [0.4, 0.5) is 0 Å². The molecule has 0 spiro atoms. The van der Waals surface area contributed by atoms with Gasteiger partial charge in [0.15, 0.2) is 0 Å². The summed E-state index contributed by atoms with van der Waals surface area (Å²) in [5.41, 5.74) is 6.34. The molecule has 0 heterocycles. The van der Waals surface area contributed by atoms with Crippen LogP contribution in [0.2, 0.25) is 5.02 Å². The Balaban J connectivity index is 1.94. The molecule has 118 valence electrons. The second kappa shape index (κ2) is 7.58. The SMILES string of the molecule is NCc1ccc(S(=O)(=O)NCCC2CCCCC2)c(Cl)c1. The Hall–Kier alpha value is -0.620. The largest absolute Gasteiger partial charge is 0.326 e. The Morgan fingerprint density at radius 1 is 1.24 bits per heavy atom. The van der Waals surface area contributed by atoms with Crippen molar-refractivity contribution in [1.82, 2.24) is 4.72 Å². The third-order valence-corrected chi connectivity index (χ3v) is 6.03. The molecule has 0 aromatic heterocycles. The van der Waals surface area contributed by atoms with Gasteiger partial charge in [-0.3, -0.25) is 0 Å². The van der Waals surface area contributed by atoms with E-state index in [1.807, 2.05) is 0 Å². The van der Waals surface area contributed by atoms with E-state index in [4.69, 9.17) is 17.3 Å². The summed E-state index contributed by atoms with van der Waals surface area (Å²) in [5, 5.41) is 0.225. The van der Waals surface area contributed by atoms with Gasteiger partial charge in [0.25, 0.3) is 0 Å². The van der Waals surface area contributed by atoms with Crippen molar-refractivity contribution >= 4 is 21.6 Å². The quantitative estimate of drug-likeness (QED) is 0.842. The maximum absolute atomic E-state index is 12.3. The highest BCUT2D eigenvalue weighted by molar-refractivity contribution is 7.89. The lowest BCUT2D eigenvalue weighted by atomic mass is 9.87. The molecule has 3 N–H and O–H groups in total. The zero-order valence-corrected chi connectivity index (χ0v) is 13.7. The minimum absolute atomic E-state index is 0.130. The van der Waals surface area contributed by atoms with Crippen molar-refractivity contribution in [3.8, 4) is 0 Å². The van der Waals surface area contributed by atoms with Crippen LogP contribution >= 0.6 is 11.6 Å². The fourth-order valence-corrected chi connectivity index (χ4v) is 4.45. The van der Waals surface area contributed by atoms with E-state index in [2.05, 4.69) is 4.72 Å². The monoisotopic (exact) mass is 330 g/mol. The summed E-state index contributed by atoms with van der Waals surface area (Å²) in [6, 6.07) is 4.83. The van der Waals surface area contributed by atoms with Crippen LogP contribution in [0.3, 0.4) is 0 Å². The Morgan fingerprint density at radius 3 is 2.57 bits per heavy atom. The van der Waals surface area contributed by atoms with Crippen LogP contribution in [-0.4, -0.2) is 15.0 Å². The molecule has 0 amide bonds. The van der Waals surface area contributed by atoms with E-state index in [0.29, 0.717) is 19.0 Å². The van der Waals surface area contributed by atoms with Gasteiger partial charge in [-0.05, 0) is 30.0 Å². The zero-order valence-electron chi connectivity index (χ0n) is 12.1. The molecule has 2 rings (SSSR count). The Labute approximate surface area is 132 Å². The topological polar surface area (TPSA) is 72.2 Å². The molecule has 0 unspecified atom stereocenters. The molecule has 21 heavy (non-hydrogen) atoms. The second-order valence-electron chi connectivity index (χ2n) is 5.66. The van der Waals surface area contributed by atoms with Crippen molar-refractivity contribution < 1.29 is 8.42 Å². The lowest BCUT2D eigenvalue weighted by Crippen LogP contribution is -2.27. The van der Waals surface area contributed by atoms with Gasteiger partial charge in [0.2, 0.25) is 10.0 Å². The van der Waals surface area contributed by atoms with Crippen molar-refractivity contribution in [1.29, 1.82) is 0 Å². The highest BCUT2D eigenvalue weighted by atomic mass is 35.5. The first-order valence-electron chi connectivity index (χ1n) is 7.51. The summed E-state index contributed by atoms with van der Waals surface area (Å²) in [6.07, 6.45) is 7.18. The lowest BCUT2D eigenvalue weighted by Gasteiger charge is -2.21. The first-order valence-corrected chi connectivity index (χ1v) is 9.37. The maximum atomic E-state index is 12.3. The smallest absolute Gasteiger partial charge is 0.242 e. The van der Waals surface area contributed by atoms with Gasteiger partial charge in [0.1, 0.15) is 4.90 Å². The molecule has 1 aromatic rings. The van der Waals surface area contributed by atoms with Crippen LogP contribution in [0.25, 0.3) is 0 Å². The van der Waals surface area contributed by atoms with Gasteiger partial charge < -0.3 is 5.73 Å². The summed E-state index contributed by atoms with van der Waals surface area (Å²) in [7, 11) is -3.54. The summed E-state index contributed by atoms with van der Waals surface area (Å²) >= 11 is 6.05. The first-order chi connectivity index (χ1) is 10.0. The van der Waals surface area contributed by atoms with E-state index in [1.165, 1.54) is 38.2 Å². The molecule has 1 saturated carbocycles. The molecule has 1 aliphatic carbocycles. The summed E-state index contributed by atoms with van der Waals surface area (Å²) in [5.74, 6) is 0.650. The number of benzene rings is 1. The third kappa shape index (κ3) is 4.68. The Bertz CT molecular complexity index is 569. The standard InChI is InChI=1S/C15H23ClN2O2S/c16-14-10-13(11-17)6-7-15(14)21(19,20)18-9-8-12-4-2-1-3-5-12/h6-7,10,12,18H,1-5,8-9,11,17H2. The second-order valence-corrected chi connectivity index (χ2v) is 7.80. The minimum atomic E-state index is -3.54. The molecule has 1 fully saturated rings. The molecular formula is C15H23ClN2O2S. The maximum Gasteiger partial charge on any atom is 0.242 e. The number of hydrogen-bond acceptors (Lipinski definition) is 3. The van der Waals surface area contributed by atoms with Gasteiger partial charge in [-0.2, -0.15) is 0 Å². The molecule has 4 nitrogen and oxygen atoms in total. The highest BCUT2D eigenvalue weighted by Gasteiger charge is 2.19. The third-order valence-electron chi connectivity index (χ3n) is 4.09. The van der Waals surface area contributed by atoms with Crippen molar-refractivity contribution in [2.45, 2.75) is 50.0 Å². The fraction of sp³-hybridized carbons (Fsp3) is 0.600. The van der Waals surface area contributed by atoms with Crippen LogP contribution in [0.1, 0.15) is 44.1 Å². The van der Waals surface area contributed by atoms with Gasteiger partial charge in [0.05, 0.1) is 5.02 Å². The number of nitrogens with one attached hydrogen (secondary N) is 1. The van der Waals surface area contributed by atoms with E-state index in [9.17, 15) is 8.42 Å². The zero-order chi connectivity index (χ0) is 15.3. The van der Waals surface area contributed by atoms with Crippen LogP contribution in [0.15, 0.2) is 23.1 Å². The fourth-order valence-electron chi connectivity index (χ4n) is 2.84. The van der Waals surface area contributed by atoms with E-state index in [1.54, 1.807) is 12.1 Å². The molecule has 0 radical (unpaired) electrons. The van der Waals surface area contributed by atoms with E-state index >= 15 is 0 Å². The molecule has 0 saturated heterocycles. The summed E-state index contributed by atoms with van der Waals surface area (Å²) in [6.45, 7) is 0.817. The average Bonchev–Trinajstić information content (AvgIpc) is 2.47. The lowest BCUT2D eigenvalue weighted by molar-refractivity contribution is 0.339. The van der Waals surface area contributed by atoms with E-state index in [0.717, 1.165) is 12.0 Å². The average molecular weight is 331 g/mol. The first kappa shape index (κ1) is 16.7. The van der Waals surface area contributed by atoms with E-state index in [-0.39, 0.29) is 9.92 Å². The predicted molar refractivity (Wildman–Crippen MR) is 85.7 cm³/mol. The molecule has 0 bridgehead atoms. The van der Waals surface area contributed by atoms with Crippen LogP contribution in [0, 0.1) is 5.92 Å². The number of sulfonamides is 1. The molecule has 0 atom stereocenters. The Kier molecular flexibility index (Phi) is 6.05. The van der Waals surface area contributed by atoms with Crippen LogP contribution < -0.4 is 10.5 Å². The predicted octanol–water partition coefficient (Wildman–Crippen LogP) is 3.05. The van der Waals surface area contributed by atoms with Gasteiger partial charge >= 0.3 is 0 Å². The molecule has 1 aromatic carbocycles. The van der Waals surface area contributed by atoms with Gasteiger partial charge in [0, 0.05) is 13.1 Å². The normalized spacial score (nSPS) is 17.0. The van der Waals surface area contributed by atoms with Crippen LogP contribution in [-0.2, 0) is 16.6 Å². The van der Waals surface area contributed by atoms with Crippen molar-refractivity contribution in [2.24, 2.45) is 11.7 Å². The Morgan fingerprint density at radius 2 is 1.95 bits per heavy atom. The van der Waals surface area contributed by atoms with Crippen LogP contribution in [0.5, 0.6) is 0 Å². The number of rotatable bonds is 6. The highest BCUT2D eigenvalue weighted by Crippen LogP contribution is 2.26. The molecule has 0 aliphatic heterocycles. The minimum Gasteiger partial charge on any atom is -0.326 e. The molecule has 6 heteroatoms. The summed E-state index contributed by atoms with van der Waals surface area (Å²) < 4.78 is 27.2. The molecular weight excluding hydrogens is 308 g/mol. The van der Waals surface area contributed by atoms with E-state index < -0.39 is 10.0 Å². The number of halogens is 1. The molecule has 1 aliphatic rings. The van der Waals surface area contributed by atoms with Crippen molar-refractivity contribution in [3.05, 3.63) is 28.8 Å². The van der Waals surface area contributed by atoms with Crippen molar-refractivity contribution in [2.75, 3.05) is 6.54 Å². The van der Waals surface area contributed by atoms with Gasteiger partial charge in [-0.25, -0.2) is 13.1 Å². The van der Waals surface area contributed by atoms with Gasteiger partial charge in [-0.15, -0.1) is 0 Å².